The standard InChI is InChI=1S/C10H11ClFNO/c1-7(11)6-14-10-8(5-13)3-2-4-9(10)12/h2-4H,1,5-6,13H2. The van der Waals surface area contributed by atoms with E-state index < -0.39 is 5.82 Å². The zero-order valence-corrected chi connectivity index (χ0v) is 8.35. The first-order valence-corrected chi connectivity index (χ1v) is 4.46. The highest BCUT2D eigenvalue weighted by Gasteiger charge is 2.08. The quantitative estimate of drug-likeness (QED) is 0.837. The van der Waals surface area contributed by atoms with Gasteiger partial charge in [0.15, 0.2) is 11.6 Å². The smallest absolute Gasteiger partial charge is 0.165 e. The van der Waals surface area contributed by atoms with E-state index in [2.05, 4.69) is 6.58 Å². The molecule has 0 aliphatic rings. The molecule has 0 aliphatic carbocycles. The number of hydrogen-bond acceptors (Lipinski definition) is 2. The number of benzene rings is 1. The van der Waals surface area contributed by atoms with Crippen molar-refractivity contribution in [3.05, 3.63) is 41.2 Å². The molecule has 0 aliphatic heterocycles. The Bertz CT molecular complexity index is 341. The Kier molecular flexibility index (Phi) is 3.92. The van der Waals surface area contributed by atoms with Crippen molar-refractivity contribution in [2.45, 2.75) is 6.54 Å². The number of nitrogens with two attached hydrogens (primary N) is 1. The van der Waals surface area contributed by atoms with Crippen LogP contribution in [0.25, 0.3) is 0 Å². The fourth-order valence-corrected chi connectivity index (χ4v) is 1.08. The van der Waals surface area contributed by atoms with Gasteiger partial charge in [0, 0.05) is 17.1 Å². The number of para-hydroxylation sites is 1. The topological polar surface area (TPSA) is 35.2 Å². The lowest BCUT2D eigenvalue weighted by Gasteiger charge is -2.10. The third-order valence-electron chi connectivity index (χ3n) is 1.64. The van der Waals surface area contributed by atoms with Crippen molar-refractivity contribution in [2.24, 2.45) is 5.73 Å². The molecule has 0 saturated heterocycles. The summed E-state index contributed by atoms with van der Waals surface area (Å²) in [6.45, 7) is 3.75. The van der Waals surface area contributed by atoms with Crippen LogP contribution < -0.4 is 10.5 Å². The highest BCUT2D eigenvalue weighted by atomic mass is 35.5. The maximum atomic E-state index is 13.2. The van der Waals surface area contributed by atoms with E-state index in [-0.39, 0.29) is 18.9 Å². The largest absolute Gasteiger partial charge is 0.485 e. The van der Waals surface area contributed by atoms with Crippen LogP contribution in [0.15, 0.2) is 29.8 Å². The van der Waals surface area contributed by atoms with E-state index in [4.69, 9.17) is 22.1 Å². The second-order valence-electron chi connectivity index (χ2n) is 2.74. The average molecular weight is 216 g/mol. The monoisotopic (exact) mass is 215 g/mol. The predicted octanol–water partition coefficient (Wildman–Crippen LogP) is 2.42. The molecule has 0 spiro atoms. The van der Waals surface area contributed by atoms with E-state index in [1.54, 1.807) is 12.1 Å². The first-order valence-electron chi connectivity index (χ1n) is 4.08. The second-order valence-corrected chi connectivity index (χ2v) is 3.27. The van der Waals surface area contributed by atoms with Gasteiger partial charge in [-0.25, -0.2) is 4.39 Å². The van der Waals surface area contributed by atoms with Gasteiger partial charge in [0.2, 0.25) is 0 Å². The fraction of sp³-hybridized carbons (Fsp3) is 0.200. The van der Waals surface area contributed by atoms with Crippen molar-refractivity contribution in [1.82, 2.24) is 0 Å². The third kappa shape index (κ3) is 2.72. The Labute approximate surface area is 87.1 Å². The molecule has 0 saturated carbocycles. The van der Waals surface area contributed by atoms with Crippen LogP contribution in [0.2, 0.25) is 0 Å². The number of ether oxygens (including phenoxy) is 1. The molecule has 2 N–H and O–H groups in total. The third-order valence-corrected chi connectivity index (χ3v) is 1.75. The van der Waals surface area contributed by atoms with Gasteiger partial charge in [0.25, 0.3) is 0 Å². The van der Waals surface area contributed by atoms with Crippen molar-refractivity contribution >= 4 is 11.6 Å². The predicted molar refractivity (Wildman–Crippen MR) is 54.8 cm³/mol. The van der Waals surface area contributed by atoms with Crippen molar-refractivity contribution in [1.29, 1.82) is 0 Å². The summed E-state index contributed by atoms with van der Waals surface area (Å²) in [5.41, 5.74) is 6.04. The van der Waals surface area contributed by atoms with Crippen molar-refractivity contribution in [3.8, 4) is 5.75 Å². The maximum absolute atomic E-state index is 13.2. The molecule has 1 aromatic carbocycles. The van der Waals surface area contributed by atoms with E-state index >= 15 is 0 Å². The van der Waals surface area contributed by atoms with Gasteiger partial charge in [0.1, 0.15) is 6.61 Å². The number of halogens is 2. The Hall–Kier alpha value is -1.06. The minimum absolute atomic E-state index is 0.0789. The van der Waals surface area contributed by atoms with Crippen LogP contribution in [0.4, 0.5) is 4.39 Å². The van der Waals surface area contributed by atoms with Crippen molar-refractivity contribution in [3.63, 3.8) is 0 Å². The van der Waals surface area contributed by atoms with Crippen LogP contribution in [0.1, 0.15) is 5.56 Å². The van der Waals surface area contributed by atoms with Crippen LogP contribution in [0, 0.1) is 5.82 Å². The molecule has 0 unspecified atom stereocenters. The molecule has 0 amide bonds. The van der Waals surface area contributed by atoms with Crippen molar-refractivity contribution in [2.75, 3.05) is 6.61 Å². The van der Waals surface area contributed by atoms with Gasteiger partial charge in [-0.3, -0.25) is 0 Å². The Morgan fingerprint density at radius 1 is 1.57 bits per heavy atom. The molecule has 14 heavy (non-hydrogen) atoms. The minimum Gasteiger partial charge on any atom is -0.485 e. The molecule has 0 aromatic heterocycles. The lowest BCUT2D eigenvalue weighted by atomic mass is 10.2. The molecule has 0 bridgehead atoms. The first kappa shape index (κ1) is 11.0. The number of rotatable bonds is 4. The molecule has 0 atom stereocenters. The molecule has 0 radical (unpaired) electrons. The van der Waals surface area contributed by atoms with Gasteiger partial charge in [-0.1, -0.05) is 30.3 Å². The van der Waals surface area contributed by atoms with Crippen LogP contribution in [-0.4, -0.2) is 6.61 Å². The zero-order valence-electron chi connectivity index (χ0n) is 7.59. The molecule has 76 valence electrons. The molecular weight excluding hydrogens is 205 g/mol. The van der Waals surface area contributed by atoms with Gasteiger partial charge in [0.05, 0.1) is 0 Å². The minimum atomic E-state index is -0.439. The first-order chi connectivity index (χ1) is 6.65. The second kappa shape index (κ2) is 4.98. The summed E-state index contributed by atoms with van der Waals surface area (Å²) in [5.74, 6) is -0.289. The number of hydrogen-bond donors (Lipinski definition) is 1. The van der Waals surface area contributed by atoms with Crippen molar-refractivity contribution < 1.29 is 9.13 Å². The maximum Gasteiger partial charge on any atom is 0.165 e. The summed E-state index contributed by atoms with van der Waals surface area (Å²) in [4.78, 5) is 0. The summed E-state index contributed by atoms with van der Waals surface area (Å²) >= 11 is 5.50. The van der Waals surface area contributed by atoms with E-state index in [0.717, 1.165) is 0 Å². The van der Waals surface area contributed by atoms with Gasteiger partial charge in [-0.15, -0.1) is 0 Å². The lowest BCUT2D eigenvalue weighted by molar-refractivity contribution is 0.334. The molecule has 1 aromatic rings. The Balaban J connectivity index is 2.87. The lowest BCUT2D eigenvalue weighted by Crippen LogP contribution is -2.05. The van der Waals surface area contributed by atoms with E-state index in [1.165, 1.54) is 6.07 Å². The fourth-order valence-electron chi connectivity index (χ4n) is 1.03. The molecular formula is C10H11ClFNO. The highest BCUT2D eigenvalue weighted by Crippen LogP contribution is 2.22. The summed E-state index contributed by atoms with van der Waals surface area (Å²) < 4.78 is 18.4. The highest BCUT2D eigenvalue weighted by molar-refractivity contribution is 6.29. The van der Waals surface area contributed by atoms with E-state index in [0.29, 0.717) is 10.6 Å². The van der Waals surface area contributed by atoms with Crippen LogP contribution in [0.5, 0.6) is 5.75 Å². The molecule has 1 rings (SSSR count). The molecule has 2 nitrogen and oxygen atoms in total. The normalized spacial score (nSPS) is 9.93. The molecule has 0 heterocycles. The van der Waals surface area contributed by atoms with Crippen LogP contribution in [-0.2, 0) is 6.54 Å². The van der Waals surface area contributed by atoms with Gasteiger partial charge >= 0.3 is 0 Å². The average Bonchev–Trinajstić information content (AvgIpc) is 2.15. The van der Waals surface area contributed by atoms with E-state index in [1.807, 2.05) is 0 Å². The summed E-state index contributed by atoms with van der Waals surface area (Å²) in [5, 5.41) is 0.316. The molecule has 4 heteroatoms. The van der Waals surface area contributed by atoms with E-state index in [9.17, 15) is 4.39 Å². The van der Waals surface area contributed by atoms with Crippen LogP contribution >= 0.6 is 11.6 Å². The van der Waals surface area contributed by atoms with Gasteiger partial charge in [-0.2, -0.15) is 0 Å². The summed E-state index contributed by atoms with van der Waals surface area (Å²) in [6.07, 6.45) is 0. The van der Waals surface area contributed by atoms with Gasteiger partial charge in [-0.05, 0) is 6.07 Å². The summed E-state index contributed by atoms with van der Waals surface area (Å²) in [6, 6.07) is 4.60. The summed E-state index contributed by atoms with van der Waals surface area (Å²) in [7, 11) is 0. The van der Waals surface area contributed by atoms with Crippen LogP contribution in [0.3, 0.4) is 0 Å². The zero-order chi connectivity index (χ0) is 10.6. The molecule has 0 fully saturated rings. The van der Waals surface area contributed by atoms with Gasteiger partial charge < -0.3 is 10.5 Å². The SMILES string of the molecule is C=C(Cl)COc1c(F)cccc1CN. The Morgan fingerprint density at radius 2 is 2.29 bits per heavy atom. The Morgan fingerprint density at radius 3 is 2.86 bits per heavy atom.